The first kappa shape index (κ1) is 14.1. The average Bonchev–Trinajstić information content (AvgIpc) is 2.41. The Labute approximate surface area is 125 Å². The van der Waals surface area contributed by atoms with Crippen LogP contribution in [0.5, 0.6) is 0 Å². The molecular formula is C17H22N2O2. The lowest BCUT2D eigenvalue weighted by Crippen LogP contribution is -2.62. The lowest BCUT2D eigenvalue weighted by atomic mass is 9.79. The monoisotopic (exact) mass is 286 g/mol. The summed E-state index contributed by atoms with van der Waals surface area (Å²) >= 11 is 0. The van der Waals surface area contributed by atoms with Crippen molar-refractivity contribution < 1.29 is 9.59 Å². The first-order valence-corrected chi connectivity index (χ1v) is 7.79. The molecule has 4 heteroatoms. The lowest BCUT2D eigenvalue weighted by molar-refractivity contribution is -0.148. The third kappa shape index (κ3) is 2.94. The molecule has 1 saturated carbocycles. The molecule has 0 spiro atoms. The molecular weight excluding hydrogens is 264 g/mol. The molecule has 2 unspecified atom stereocenters. The lowest BCUT2D eigenvalue weighted by Gasteiger charge is -2.42. The van der Waals surface area contributed by atoms with Crippen LogP contribution in [0.3, 0.4) is 0 Å². The van der Waals surface area contributed by atoms with E-state index in [1.165, 1.54) is 19.3 Å². The Balaban J connectivity index is 1.72. The van der Waals surface area contributed by atoms with E-state index in [-0.39, 0.29) is 24.4 Å². The summed E-state index contributed by atoms with van der Waals surface area (Å²) in [4.78, 5) is 26.4. The summed E-state index contributed by atoms with van der Waals surface area (Å²) in [5, 5.41) is 2.84. The predicted octanol–water partition coefficient (Wildman–Crippen LogP) is 1.74. The quantitative estimate of drug-likeness (QED) is 0.916. The van der Waals surface area contributed by atoms with Gasteiger partial charge in [0.05, 0.1) is 6.54 Å². The van der Waals surface area contributed by atoms with E-state index in [1.807, 2.05) is 30.3 Å². The largest absolute Gasteiger partial charge is 0.342 e. The number of rotatable bonds is 4. The number of hydrogen-bond donors (Lipinski definition) is 1. The fraction of sp³-hybridized carbons (Fsp3) is 0.529. The highest BCUT2D eigenvalue weighted by Crippen LogP contribution is 2.32. The average molecular weight is 286 g/mol. The van der Waals surface area contributed by atoms with Crippen molar-refractivity contribution in [2.45, 2.75) is 44.7 Å². The summed E-state index contributed by atoms with van der Waals surface area (Å²) < 4.78 is 0. The zero-order valence-corrected chi connectivity index (χ0v) is 12.4. The molecule has 0 bridgehead atoms. The minimum Gasteiger partial charge on any atom is -0.342 e. The molecule has 1 N–H and O–H groups in total. The maximum absolute atomic E-state index is 12.7. The number of carbonyl (C=O) groups excluding carboxylic acids is 2. The van der Waals surface area contributed by atoms with Gasteiger partial charge in [0.25, 0.3) is 0 Å². The van der Waals surface area contributed by atoms with Crippen molar-refractivity contribution in [1.82, 2.24) is 10.2 Å². The third-order valence-electron chi connectivity index (χ3n) is 4.84. The molecule has 2 fully saturated rings. The zero-order valence-electron chi connectivity index (χ0n) is 12.4. The Morgan fingerprint density at radius 3 is 2.57 bits per heavy atom. The van der Waals surface area contributed by atoms with Crippen molar-refractivity contribution in [2.75, 3.05) is 6.54 Å². The van der Waals surface area contributed by atoms with Gasteiger partial charge in [0, 0.05) is 12.5 Å². The number of piperazine rings is 1. The maximum atomic E-state index is 12.7. The van der Waals surface area contributed by atoms with E-state index in [0.717, 1.165) is 5.56 Å². The summed E-state index contributed by atoms with van der Waals surface area (Å²) in [6, 6.07) is 9.61. The van der Waals surface area contributed by atoms with Gasteiger partial charge in [-0.3, -0.25) is 9.59 Å². The van der Waals surface area contributed by atoms with Crippen molar-refractivity contribution in [3.8, 4) is 0 Å². The first-order valence-electron chi connectivity index (χ1n) is 7.79. The number of carbonyl (C=O) groups is 2. The molecule has 1 aliphatic carbocycles. The molecule has 1 aromatic carbocycles. The van der Waals surface area contributed by atoms with Crippen molar-refractivity contribution >= 4 is 11.8 Å². The predicted molar refractivity (Wildman–Crippen MR) is 80.6 cm³/mol. The fourth-order valence-electron chi connectivity index (χ4n) is 3.24. The summed E-state index contributed by atoms with van der Waals surface area (Å²) in [6.45, 7) is 2.29. The molecule has 112 valence electrons. The van der Waals surface area contributed by atoms with Crippen molar-refractivity contribution in [1.29, 1.82) is 0 Å². The van der Waals surface area contributed by atoms with E-state index in [0.29, 0.717) is 12.3 Å². The minimum absolute atomic E-state index is 0.0401. The Kier molecular flexibility index (Phi) is 3.95. The molecule has 1 heterocycles. The smallest absolute Gasteiger partial charge is 0.246 e. The van der Waals surface area contributed by atoms with Crippen molar-refractivity contribution in [3.05, 3.63) is 35.9 Å². The van der Waals surface area contributed by atoms with Crippen LogP contribution in [0.4, 0.5) is 0 Å². The van der Waals surface area contributed by atoms with Gasteiger partial charge in [-0.2, -0.15) is 0 Å². The zero-order chi connectivity index (χ0) is 14.8. The van der Waals surface area contributed by atoms with Crippen molar-refractivity contribution in [2.24, 2.45) is 5.92 Å². The van der Waals surface area contributed by atoms with Crippen molar-refractivity contribution in [3.63, 3.8) is 0 Å². The molecule has 2 atom stereocenters. The van der Waals surface area contributed by atoms with Crippen LogP contribution < -0.4 is 5.32 Å². The summed E-state index contributed by atoms with van der Waals surface area (Å²) in [7, 11) is 0. The Hall–Kier alpha value is -1.84. The van der Waals surface area contributed by atoms with Gasteiger partial charge in [0.2, 0.25) is 11.8 Å². The summed E-state index contributed by atoms with van der Waals surface area (Å²) in [6.07, 6.45) is 4.17. The number of hydrogen-bond acceptors (Lipinski definition) is 2. The molecule has 2 amide bonds. The minimum atomic E-state index is -0.420. The van der Waals surface area contributed by atoms with Crippen LogP contribution in [0.25, 0.3) is 0 Å². The number of nitrogens with one attached hydrogen (secondary N) is 1. The van der Waals surface area contributed by atoms with Gasteiger partial charge in [-0.15, -0.1) is 0 Å². The standard InChI is InChI=1S/C17H22N2O2/c1-12(14-8-5-9-14)19-11-16(20)18-15(17(19)21)10-13-6-3-2-4-7-13/h2-4,6-7,12,14-15H,5,8-11H2,1H3,(H,18,20). The topological polar surface area (TPSA) is 49.4 Å². The van der Waals surface area contributed by atoms with Gasteiger partial charge in [-0.1, -0.05) is 36.8 Å². The van der Waals surface area contributed by atoms with Crippen LogP contribution in [0.1, 0.15) is 31.7 Å². The number of nitrogens with zero attached hydrogens (tertiary/aromatic N) is 1. The SMILES string of the molecule is CC(C1CCC1)N1CC(=O)NC(Cc2ccccc2)C1=O. The van der Waals surface area contributed by atoms with Gasteiger partial charge in [0.15, 0.2) is 0 Å². The Bertz CT molecular complexity index is 525. The molecule has 2 aliphatic rings. The van der Waals surface area contributed by atoms with E-state index in [1.54, 1.807) is 4.90 Å². The van der Waals surface area contributed by atoms with E-state index < -0.39 is 6.04 Å². The van der Waals surface area contributed by atoms with Gasteiger partial charge >= 0.3 is 0 Å². The number of benzene rings is 1. The normalized spacial score (nSPS) is 24.4. The van der Waals surface area contributed by atoms with Gasteiger partial charge in [0.1, 0.15) is 6.04 Å². The summed E-state index contributed by atoms with van der Waals surface area (Å²) in [5.74, 6) is 0.594. The molecule has 4 nitrogen and oxygen atoms in total. The second kappa shape index (κ2) is 5.88. The summed E-state index contributed by atoms with van der Waals surface area (Å²) in [5.41, 5.74) is 1.08. The van der Waals surface area contributed by atoms with E-state index in [4.69, 9.17) is 0 Å². The molecule has 1 aliphatic heterocycles. The highest BCUT2D eigenvalue weighted by molar-refractivity contribution is 5.95. The van der Waals surface area contributed by atoms with Crippen LogP contribution >= 0.6 is 0 Å². The van der Waals surface area contributed by atoms with Gasteiger partial charge in [-0.25, -0.2) is 0 Å². The maximum Gasteiger partial charge on any atom is 0.246 e. The number of amides is 2. The van der Waals surface area contributed by atoms with Crippen LogP contribution in [-0.2, 0) is 16.0 Å². The Morgan fingerprint density at radius 1 is 1.24 bits per heavy atom. The van der Waals surface area contributed by atoms with Gasteiger partial charge < -0.3 is 10.2 Å². The molecule has 1 saturated heterocycles. The molecule has 3 rings (SSSR count). The second-order valence-corrected chi connectivity index (χ2v) is 6.21. The van der Waals surface area contributed by atoms with Crippen LogP contribution in [-0.4, -0.2) is 35.3 Å². The third-order valence-corrected chi connectivity index (χ3v) is 4.84. The second-order valence-electron chi connectivity index (χ2n) is 6.21. The first-order chi connectivity index (χ1) is 10.1. The van der Waals surface area contributed by atoms with E-state index in [9.17, 15) is 9.59 Å². The molecule has 0 aromatic heterocycles. The molecule has 1 aromatic rings. The molecule has 0 radical (unpaired) electrons. The van der Waals surface area contributed by atoms with E-state index in [2.05, 4.69) is 12.2 Å². The highest BCUT2D eigenvalue weighted by atomic mass is 16.2. The Morgan fingerprint density at radius 2 is 1.95 bits per heavy atom. The van der Waals surface area contributed by atoms with E-state index >= 15 is 0 Å². The van der Waals surface area contributed by atoms with Crippen LogP contribution in [0.15, 0.2) is 30.3 Å². The highest BCUT2D eigenvalue weighted by Gasteiger charge is 2.38. The van der Waals surface area contributed by atoms with Crippen LogP contribution in [0, 0.1) is 5.92 Å². The molecule has 21 heavy (non-hydrogen) atoms. The van der Waals surface area contributed by atoms with Gasteiger partial charge in [-0.05, 0) is 31.2 Å². The fourth-order valence-corrected chi connectivity index (χ4v) is 3.24. The van der Waals surface area contributed by atoms with Crippen LogP contribution in [0.2, 0.25) is 0 Å².